The van der Waals surface area contributed by atoms with Crippen LogP contribution in [0.2, 0.25) is 0 Å². The Labute approximate surface area is 164 Å². The van der Waals surface area contributed by atoms with E-state index >= 15 is 0 Å². The number of rotatable bonds is 10. The Morgan fingerprint density at radius 2 is 1.74 bits per heavy atom. The second kappa shape index (κ2) is 11.1. The normalized spacial score (nSPS) is 12.7. The van der Waals surface area contributed by atoms with Crippen molar-refractivity contribution in [1.29, 1.82) is 0 Å². The summed E-state index contributed by atoms with van der Waals surface area (Å²) < 4.78 is 25.6. The van der Waals surface area contributed by atoms with E-state index in [-0.39, 0.29) is 0 Å². The van der Waals surface area contributed by atoms with Gasteiger partial charge in [-0.2, -0.15) is 0 Å². The molecule has 0 aliphatic heterocycles. The Morgan fingerprint density at radius 1 is 1.11 bits per heavy atom. The molecule has 0 saturated carbocycles. The van der Waals surface area contributed by atoms with Crippen LogP contribution < -0.4 is 15.4 Å². The van der Waals surface area contributed by atoms with Gasteiger partial charge in [-0.15, -0.1) is 0 Å². The Morgan fingerprint density at radius 3 is 2.30 bits per heavy atom. The molecule has 1 rings (SSSR count). The molecule has 0 radical (unpaired) electrons. The molecule has 7 nitrogen and oxygen atoms in total. The number of hydrogen-bond acceptors (Lipinski definition) is 4. The van der Waals surface area contributed by atoms with Crippen LogP contribution in [0.15, 0.2) is 29.3 Å². The molecule has 0 aliphatic rings. The lowest BCUT2D eigenvalue weighted by Gasteiger charge is -2.30. The number of anilines is 1. The first-order valence-electron chi connectivity index (χ1n) is 9.47. The lowest BCUT2D eigenvalue weighted by molar-refractivity contribution is 0.178. The highest BCUT2D eigenvalue weighted by molar-refractivity contribution is 7.92. The van der Waals surface area contributed by atoms with E-state index in [1.165, 1.54) is 0 Å². The van der Waals surface area contributed by atoms with Crippen molar-refractivity contribution in [2.75, 3.05) is 30.6 Å². The van der Waals surface area contributed by atoms with Crippen molar-refractivity contribution in [3.8, 4) is 0 Å². The quantitative estimate of drug-likeness (QED) is 0.416. The van der Waals surface area contributed by atoms with Crippen molar-refractivity contribution >= 4 is 21.7 Å². The number of benzene rings is 1. The van der Waals surface area contributed by atoms with Gasteiger partial charge in [0, 0.05) is 31.7 Å². The molecule has 1 aromatic carbocycles. The van der Waals surface area contributed by atoms with Crippen molar-refractivity contribution < 1.29 is 8.42 Å². The van der Waals surface area contributed by atoms with E-state index in [1.54, 1.807) is 12.1 Å². The maximum atomic E-state index is 11.5. The van der Waals surface area contributed by atoms with Crippen LogP contribution in [0.3, 0.4) is 0 Å². The largest absolute Gasteiger partial charge is 0.357 e. The van der Waals surface area contributed by atoms with E-state index in [4.69, 9.17) is 0 Å². The minimum absolute atomic E-state index is 0.381. The van der Waals surface area contributed by atoms with Crippen LogP contribution in [-0.2, 0) is 16.6 Å². The third kappa shape index (κ3) is 9.10. The van der Waals surface area contributed by atoms with Crippen LogP contribution in [0.1, 0.15) is 40.2 Å². The molecule has 0 unspecified atom stereocenters. The minimum atomic E-state index is -3.32. The summed E-state index contributed by atoms with van der Waals surface area (Å²) in [6.45, 7) is 13.7. The van der Waals surface area contributed by atoms with Crippen LogP contribution in [-0.4, -0.2) is 57.3 Å². The number of hydrogen-bond donors (Lipinski definition) is 3. The molecular formula is C19H35N5O2S. The average Bonchev–Trinajstić information content (AvgIpc) is 2.55. The summed E-state index contributed by atoms with van der Waals surface area (Å²) in [5.74, 6) is 0.721. The van der Waals surface area contributed by atoms with E-state index in [2.05, 4.69) is 52.9 Å². The number of sulfonamides is 1. The summed E-state index contributed by atoms with van der Waals surface area (Å²) in [5, 5.41) is 6.59. The zero-order valence-corrected chi connectivity index (χ0v) is 18.2. The van der Waals surface area contributed by atoms with Gasteiger partial charge in [0.2, 0.25) is 10.0 Å². The van der Waals surface area contributed by atoms with Crippen LogP contribution in [0.25, 0.3) is 0 Å². The van der Waals surface area contributed by atoms with E-state index in [0.717, 1.165) is 37.4 Å². The zero-order valence-electron chi connectivity index (χ0n) is 17.4. The molecule has 0 atom stereocenters. The molecule has 0 bridgehead atoms. The van der Waals surface area contributed by atoms with Crippen LogP contribution in [0.4, 0.5) is 5.69 Å². The van der Waals surface area contributed by atoms with Gasteiger partial charge in [-0.1, -0.05) is 18.2 Å². The van der Waals surface area contributed by atoms with Crippen molar-refractivity contribution in [2.45, 2.75) is 53.2 Å². The minimum Gasteiger partial charge on any atom is -0.357 e. The number of guanidine groups is 1. The van der Waals surface area contributed by atoms with Gasteiger partial charge < -0.3 is 10.6 Å². The third-order valence-electron chi connectivity index (χ3n) is 4.05. The van der Waals surface area contributed by atoms with Crippen LogP contribution in [0, 0.1) is 0 Å². The fourth-order valence-corrected chi connectivity index (χ4v) is 3.48. The smallest absolute Gasteiger partial charge is 0.229 e. The first kappa shape index (κ1) is 23.2. The predicted octanol–water partition coefficient (Wildman–Crippen LogP) is 2.23. The van der Waals surface area contributed by atoms with E-state index in [9.17, 15) is 8.42 Å². The highest BCUT2D eigenvalue weighted by atomic mass is 32.2. The molecule has 0 saturated heterocycles. The SMILES string of the molecule is CCNC(=NCc1ccccc1NS(C)(=O)=O)NCCN(C(C)C)C(C)C. The Kier molecular flexibility index (Phi) is 9.59. The molecule has 0 amide bonds. The molecule has 27 heavy (non-hydrogen) atoms. The fourth-order valence-electron chi connectivity index (χ4n) is 2.88. The molecule has 154 valence electrons. The molecule has 0 spiro atoms. The molecule has 0 aromatic heterocycles. The second-order valence-corrected chi connectivity index (χ2v) is 8.83. The summed E-state index contributed by atoms with van der Waals surface area (Å²) in [5.41, 5.74) is 1.39. The van der Waals surface area contributed by atoms with Gasteiger partial charge in [-0.25, -0.2) is 13.4 Å². The topological polar surface area (TPSA) is 85.8 Å². The van der Waals surface area contributed by atoms with Gasteiger partial charge in [-0.05, 0) is 46.2 Å². The highest BCUT2D eigenvalue weighted by Gasteiger charge is 2.13. The van der Waals surface area contributed by atoms with Gasteiger partial charge in [0.05, 0.1) is 18.5 Å². The Bertz CT molecular complexity index is 694. The summed E-state index contributed by atoms with van der Waals surface area (Å²) >= 11 is 0. The van der Waals surface area contributed by atoms with Gasteiger partial charge in [0.15, 0.2) is 5.96 Å². The zero-order chi connectivity index (χ0) is 20.4. The van der Waals surface area contributed by atoms with E-state index < -0.39 is 10.0 Å². The Balaban J connectivity index is 2.77. The summed E-state index contributed by atoms with van der Waals surface area (Å²) in [6.07, 6.45) is 1.15. The van der Waals surface area contributed by atoms with Gasteiger partial charge in [-0.3, -0.25) is 9.62 Å². The summed E-state index contributed by atoms with van der Waals surface area (Å²) in [7, 11) is -3.32. The molecule has 8 heteroatoms. The molecule has 0 fully saturated rings. The predicted molar refractivity (Wildman–Crippen MR) is 115 cm³/mol. The molecule has 1 aromatic rings. The molecular weight excluding hydrogens is 362 g/mol. The molecule has 0 heterocycles. The second-order valence-electron chi connectivity index (χ2n) is 7.08. The van der Waals surface area contributed by atoms with E-state index in [1.807, 2.05) is 19.1 Å². The lowest BCUT2D eigenvalue weighted by atomic mass is 10.2. The fraction of sp³-hybridized carbons (Fsp3) is 0.632. The van der Waals surface area contributed by atoms with Crippen molar-refractivity contribution in [2.24, 2.45) is 4.99 Å². The highest BCUT2D eigenvalue weighted by Crippen LogP contribution is 2.17. The van der Waals surface area contributed by atoms with E-state index in [0.29, 0.717) is 24.3 Å². The summed E-state index contributed by atoms with van der Waals surface area (Å²) in [6, 6.07) is 8.27. The maximum absolute atomic E-state index is 11.5. The number of nitrogens with one attached hydrogen (secondary N) is 3. The molecule has 0 aliphatic carbocycles. The van der Waals surface area contributed by atoms with Crippen LogP contribution in [0.5, 0.6) is 0 Å². The third-order valence-corrected chi connectivity index (χ3v) is 4.64. The van der Waals surface area contributed by atoms with Crippen molar-refractivity contribution in [1.82, 2.24) is 15.5 Å². The lowest BCUT2D eigenvalue weighted by Crippen LogP contribution is -2.45. The first-order chi connectivity index (χ1) is 12.6. The molecule has 3 N–H and O–H groups in total. The number of nitrogens with zero attached hydrogens (tertiary/aromatic N) is 2. The maximum Gasteiger partial charge on any atom is 0.229 e. The van der Waals surface area contributed by atoms with Crippen LogP contribution >= 0.6 is 0 Å². The standard InChI is InChI=1S/C19H35N5O2S/c1-7-20-19(21-12-13-24(15(2)3)16(4)5)22-14-17-10-8-9-11-18(17)23-27(6,25)26/h8-11,15-16,23H,7,12-14H2,1-6H3,(H2,20,21,22). The van der Waals surface area contributed by atoms with Gasteiger partial charge >= 0.3 is 0 Å². The van der Waals surface area contributed by atoms with Gasteiger partial charge in [0.1, 0.15) is 0 Å². The van der Waals surface area contributed by atoms with Gasteiger partial charge in [0.25, 0.3) is 0 Å². The first-order valence-corrected chi connectivity index (χ1v) is 11.4. The average molecular weight is 398 g/mol. The Hall–Kier alpha value is -1.80. The number of para-hydroxylation sites is 1. The van der Waals surface area contributed by atoms with Crippen molar-refractivity contribution in [3.05, 3.63) is 29.8 Å². The summed E-state index contributed by atoms with van der Waals surface area (Å²) in [4.78, 5) is 7.02. The number of aliphatic imine (C=N–C) groups is 1. The van der Waals surface area contributed by atoms with Crippen molar-refractivity contribution in [3.63, 3.8) is 0 Å². The monoisotopic (exact) mass is 397 g/mol.